The Hall–Kier alpha value is -4.63. The van der Waals surface area contributed by atoms with Crippen molar-refractivity contribution in [1.82, 2.24) is 24.8 Å². The van der Waals surface area contributed by atoms with E-state index in [9.17, 15) is 9.18 Å². The maximum atomic E-state index is 17.3. The third kappa shape index (κ3) is 6.01. The molecule has 3 fully saturated rings. The second-order valence-electron chi connectivity index (χ2n) is 15.9. The highest BCUT2D eigenvalue weighted by Crippen LogP contribution is 2.44. The summed E-state index contributed by atoms with van der Waals surface area (Å²) < 4.78 is 58.6. The van der Waals surface area contributed by atoms with Gasteiger partial charge in [0.05, 0.1) is 28.2 Å². The van der Waals surface area contributed by atoms with Crippen LogP contribution < -0.4 is 9.64 Å². The zero-order chi connectivity index (χ0) is 37.2. The van der Waals surface area contributed by atoms with E-state index in [1.54, 1.807) is 29.2 Å². The Morgan fingerprint density at radius 3 is 2.64 bits per heavy atom. The minimum atomic E-state index is -0.686. The van der Waals surface area contributed by atoms with Crippen LogP contribution >= 0.6 is 0 Å². The maximum absolute atomic E-state index is 17.3. The van der Waals surface area contributed by atoms with E-state index in [2.05, 4.69) is 15.7 Å². The molecule has 278 valence electrons. The van der Waals surface area contributed by atoms with Gasteiger partial charge in [0.15, 0.2) is 5.82 Å². The van der Waals surface area contributed by atoms with Crippen LogP contribution in [0.3, 0.4) is 0 Å². The monoisotopic (exact) mass is 726 g/mol. The second kappa shape index (κ2) is 13.3. The molecule has 4 atom stereocenters. The number of terminal acetylenes is 1. The van der Waals surface area contributed by atoms with Gasteiger partial charge in [0.2, 0.25) is 0 Å². The molecular weight excluding hydrogens is 681 g/mol. The van der Waals surface area contributed by atoms with Gasteiger partial charge in [-0.3, -0.25) is 4.90 Å². The number of aryl methyl sites for hydroxylation is 1. The van der Waals surface area contributed by atoms with Crippen LogP contribution in [-0.4, -0.2) is 93.0 Å². The van der Waals surface area contributed by atoms with Crippen LogP contribution in [0.15, 0.2) is 30.3 Å². The summed E-state index contributed by atoms with van der Waals surface area (Å²) in [6.45, 7) is 9.07. The van der Waals surface area contributed by atoms with Gasteiger partial charge in [0.25, 0.3) is 0 Å². The molecule has 53 heavy (non-hydrogen) atoms. The zero-order valence-electron chi connectivity index (χ0n) is 30.7. The lowest BCUT2D eigenvalue weighted by Gasteiger charge is -2.46. The number of hydrogen-bond donors (Lipinski definition) is 0. The average Bonchev–Trinajstić information content (AvgIpc) is 3.67. The normalized spacial score (nSPS) is 24.2. The van der Waals surface area contributed by atoms with Crippen molar-refractivity contribution in [2.24, 2.45) is 0 Å². The molecule has 0 spiro atoms. The minimum absolute atomic E-state index is 0.0135. The number of halogens is 3. The molecule has 6 heterocycles. The molecule has 4 aliphatic heterocycles. The summed E-state index contributed by atoms with van der Waals surface area (Å²) in [5, 5.41) is 1.54. The number of fused-ring (bicyclic) bond motifs is 4. The molecule has 2 aromatic heterocycles. The van der Waals surface area contributed by atoms with E-state index >= 15 is 8.78 Å². The first-order chi connectivity index (χ1) is 25.4. The van der Waals surface area contributed by atoms with Crippen LogP contribution in [0.25, 0.3) is 32.9 Å². The number of aromatic nitrogens is 3. The first-order valence-corrected chi connectivity index (χ1v) is 18.8. The van der Waals surface area contributed by atoms with Crippen molar-refractivity contribution < 1.29 is 27.4 Å². The van der Waals surface area contributed by atoms with Crippen LogP contribution in [0, 0.1) is 24.0 Å². The fourth-order valence-corrected chi connectivity index (χ4v) is 9.16. The van der Waals surface area contributed by atoms with Crippen molar-refractivity contribution in [2.45, 2.75) is 102 Å². The molecule has 0 N–H and O–H groups in total. The molecule has 4 aliphatic rings. The van der Waals surface area contributed by atoms with Crippen molar-refractivity contribution in [1.29, 1.82) is 0 Å². The van der Waals surface area contributed by atoms with Gasteiger partial charge in [-0.25, -0.2) is 22.9 Å². The van der Waals surface area contributed by atoms with Crippen molar-refractivity contribution >= 4 is 33.6 Å². The lowest BCUT2D eigenvalue weighted by molar-refractivity contribution is 0.00970. The fraction of sp³-hybridized carbons (Fsp3) is 0.512. The standard InChI is InChI=1S/C41H45F3N6O3/c1-6-25-21-48-27(22-49(25)39(51)53-40(3,4)5)13-15-31-33-36(34(44)35(45-31)29-11-8-10-24-12-14-30(43)28(7-2)32(24)29)46-38(47-37(33)48)52-23-41-17-9-19-50(41)26(20-42)16-18-41/h2,8,10-12,14,25-27H,6,9,13,15-23H2,1,3-5H3/t25-,26+,27-,41+/m1/s1. The number of nitrogens with zero attached hydrogens (tertiary/aromatic N) is 6. The molecule has 0 unspecified atom stereocenters. The smallest absolute Gasteiger partial charge is 0.410 e. The van der Waals surface area contributed by atoms with Gasteiger partial charge in [-0.15, -0.1) is 6.42 Å². The Balaban J connectivity index is 1.27. The van der Waals surface area contributed by atoms with Crippen LogP contribution in [0.1, 0.15) is 77.5 Å². The highest BCUT2D eigenvalue weighted by molar-refractivity contribution is 6.03. The largest absolute Gasteiger partial charge is 0.461 e. The molecule has 0 aliphatic carbocycles. The van der Waals surface area contributed by atoms with E-state index in [1.807, 2.05) is 27.7 Å². The number of piperazine rings is 1. The summed E-state index contributed by atoms with van der Waals surface area (Å²) in [4.78, 5) is 34.4. The summed E-state index contributed by atoms with van der Waals surface area (Å²) in [6.07, 6.45) is 10.5. The summed E-state index contributed by atoms with van der Waals surface area (Å²) >= 11 is 0. The average molecular weight is 727 g/mol. The third-order valence-corrected chi connectivity index (χ3v) is 11.7. The van der Waals surface area contributed by atoms with Gasteiger partial charge in [0.1, 0.15) is 41.7 Å². The number of carbonyl (C=O) groups is 1. The second-order valence-corrected chi connectivity index (χ2v) is 15.9. The van der Waals surface area contributed by atoms with Crippen molar-refractivity contribution in [3.63, 3.8) is 0 Å². The zero-order valence-corrected chi connectivity index (χ0v) is 30.7. The molecule has 2 aromatic carbocycles. The number of rotatable bonds is 6. The highest BCUT2D eigenvalue weighted by Gasteiger charge is 2.50. The number of ether oxygens (including phenoxy) is 2. The van der Waals surface area contributed by atoms with Gasteiger partial charge in [-0.1, -0.05) is 37.1 Å². The molecule has 8 rings (SSSR count). The van der Waals surface area contributed by atoms with Gasteiger partial charge in [-0.05, 0) is 83.7 Å². The van der Waals surface area contributed by atoms with Crippen molar-refractivity contribution in [3.05, 3.63) is 53.2 Å². The Kier molecular flexibility index (Phi) is 8.91. The lowest BCUT2D eigenvalue weighted by atomic mass is 9.95. The van der Waals surface area contributed by atoms with E-state index in [0.717, 1.165) is 32.2 Å². The Bertz CT molecular complexity index is 2150. The van der Waals surface area contributed by atoms with Gasteiger partial charge in [0, 0.05) is 36.1 Å². The summed E-state index contributed by atoms with van der Waals surface area (Å²) in [6, 6.07) is 7.73. The minimum Gasteiger partial charge on any atom is -0.461 e. The number of benzene rings is 2. The Labute approximate surface area is 307 Å². The molecule has 4 aromatic rings. The quantitative estimate of drug-likeness (QED) is 0.188. The molecule has 1 amide bonds. The van der Waals surface area contributed by atoms with Crippen molar-refractivity contribution in [2.75, 3.05) is 37.8 Å². The van der Waals surface area contributed by atoms with E-state index in [-0.39, 0.29) is 59.1 Å². The molecule has 0 radical (unpaired) electrons. The molecular formula is C41H45F3N6O3. The summed E-state index contributed by atoms with van der Waals surface area (Å²) in [5.74, 6) is 1.71. The van der Waals surface area contributed by atoms with Gasteiger partial charge in [-0.2, -0.15) is 9.97 Å². The van der Waals surface area contributed by atoms with Gasteiger partial charge < -0.3 is 19.3 Å². The first-order valence-electron chi connectivity index (χ1n) is 18.8. The number of amides is 1. The lowest BCUT2D eigenvalue weighted by Crippen LogP contribution is -2.60. The number of hydrogen-bond acceptors (Lipinski definition) is 8. The van der Waals surface area contributed by atoms with E-state index < -0.39 is 23.9 Å². The van der Waals surface area contributed by atoms with Crippen molar-refractivity contribution in [3.8, 4) is 29.6 Å². The van der Waals surface area contributed by atoms with Gasteiger partial charge >= 0.3 is 12.1 Å². The Morgan fingerprint density at radius 1 is 1.06 bits per heavy atom. The molecule has 3 saturated heterocycles. The highest BCUT2D eigenvalue weighted by atomic mass is 19.1. The number of pyridine rings is 1. The van der Waals surface area contributed by atoms with Crippen LogP contribution in [0.5, 0.6) is 6.01 Å². The molecule has 0 saturated carbocycles. The fourth-order valence-electron chi connectivity index (χ4n) is 9.16. The maximum Gasteiger partial charge on any atom is 0.410 e. The number of alkyl halides is 1. The summed E-state index contributed by atoms with van der Waals surface area (Å²) in [5.41, 5.74) is 0.0763. The molecule has 0 bridgehead atoms. The predicted molar refractivity (Wildman–Crippen MR) is 198 cm³/mol. The molecule has 9 nitrogen and oxygen atoms in total. The SMILES string of the molecule is C#Cc1c(F)ccc2cccc(-c3nc4c5c(nc(OC[C@@]67CCCN6[C@H](CF)CC7)nc5c3F)N3C[C@@H](CC)N(C(=O)OC(C)(C)C)C[C@H]3CC4)c12. The van der Waals surface area contributed by atoms with Crippen LogP contribution in [0.4, 0.5) is 23.8 Å². The van der Waals surface area contributed by atoms with E-state index in [1.165, 1.54) is 6.07 Å². The van der Waals surface area contributed by atoms with Crippen LogP contribution in [0.2, 0.25) is 0 Å². The number of carbonyl (C=O) groups excluding carboxylic acids is 1. The molecule has 12 heteroatoms. The summed E-state index contributed by atoms with van der Waals surface area (Å²) in [7, 11) is 0. The van der Waals surface area contributed by atoms with E-state index in [0.29, 0.717) is 65.6 Å². The van der Waals surface area contributed by atoms with Crippen LogP contribution in [-0.2, 0) is 11.2 Å². The first kappa shape index (κ1) is 35.4. The Morgan fingerprint density at radius 2 is 1.89 bits per heavy atom. The van der Waals surface area contributed by atoms with E-state index in [4.69, 9.17) is 30.8 Å². The predicted octanol–water partition coefficient (Wildman–Crippen LogP) is 7.60. The topological polar surface area (TPSA) is 83.9 Å². The third-order valence-electron chi connectivity index (χ3n) is 11.7. The number of anilines is 1.